The fourth-order valence-electron chi connectivity index (χ4n) is 3.56. The van der Waals surface area contributed by atoms with Crippen molar-refractivity contribution in [1.82, 2.24) is 0 Å². The number of hydrogen-bond acceptors (Lipinski definition) is 2. The minimum absolute atomic E-state index is 0.493. The van der Waals surface area contributed by atoms with Gasteiger partial charge in [-0.1, -0.05) is 64.0 Å². The Morgan fingerprint density at radius 2 is 1.81 bits per heavy atom. The molecule has 0 unspecified atom stereocenters. The summed E-state index contributed by atoms with van der Waals surface area (Å²) in [6.07, 6.45) is 22.2. The van der Waals surface area contributed by atoms with Gasteiger partial charge in [-0.05, 0) is 50.4 Å². The average molecular weight is 296 g/mol. The molecule has 21 heavy (non-hydrogen) atoms. The Morgan fingerprint density at radius 3 is 2.62 bits per heavy atom. The summed E-state index contributed by atoms with van der Waals surface area (Å²) in [4.78, 5) is 4.11. The third kappa shape index (κ3) is 9.31. The molecule has 1 saturated carbocycles. The molecule has 2 nitrogen and oxygen atoms in total. The molecule has 1 rings (SSSR count). The van der Waals surface area contributed by atoms with Crippen LogP contribution in [0.4, 0.5) is 0 Å². The van der Waals surface area contributed by atoms with Gasteiger partial charge in [0.15, 0.2) is 0 Å². The van der Waals surface area contributed by atoms with Gasteiger partial charge >= 0.3 is 0 Å². The van der Waals surface area contributed by atoms with Crippen LogP contribution < -0.4 is 0 Å². The Bertz CT molecular complexity index is 250. The van der Waals surface area contributed by atoms with Crippen LogP contribution in [0.1, 0.15) is 90.4 Å². The first kappa shape index (κ1) is 18.7. The smallest absolute Gasteiger partial charge is 0.0819 e. The molecule has 0 radical (unpaired) electrons. The van der Waals surface area contributed by atoms with Crippen molar-refractivity contribution in [3.8, 4) is 0 Å². The average Bonchev–Trinajstić information content (AvgIpc) is 2.94. The maximum absolute atomic E-state index is 8.27. The highest BCUT2D eigenvalue weighted by molar-refractivity contribution is 4.94. The van der Waals surface area contributed by atoms with E-state index in [4.69, 9.17) is 5.26 Å². The van der Waals surface area contributed by atoms with Crippen LogP contribution in [-0.4, -0.2) is 11.9 Å². The lowest BCUT2D eigenvalue weighted by Gasteiger charge is -2.16. The number of allylic oxidation sites excluding steroid dienone is 2. The summed E-state index contributed by atoms with van der Waals surface area (Å²) in [6.45, 7) is 2.77. The predicted molar refractivity (Wildman–Crippen MR) is 90.4 cm³/mol. The van der Waals surface area contributed by atoms with Gasteiger partial charge in [-0.25, -0.2) is 4.89 Å². The lowest BCUT2D eigenvalue weighted by Crippen LogP contribution is -2.05. The lowest BCUT2D eigenvalue weighted by atomic mass is 9.90. The van der Waals surface area contributed by atoms with Crippen LogP contribution >= 0.6 is 0 Å². The quantitative estimate of drug-likeness (QED) is 0.185. The third-order valence-corrected chi connectivity index (χ3v) is 4.89. The van der Waals surface area contributed by atoms with E-state index >= 15 is 0 Å². The van der Waals surface area contributed by atoms with Crippen molar-refractivity contribution < 1.29 is 10.1 Å². The van der Waals surface area contributed by atoms with Gasteiger partial charge in [0.2, 0.25) is 0 Å². The van der Waals surface area contributed by atoms with Gasteiger partial charge in [0.25, 0.3) is 0 Å². The van der Waals surface area contributed by atoms with Crippen LogP contribution in [0.5, 0.6) is 0 Å². The van der Waals surface area contributed by atoms with Crippen LogP contribution in [0.2, 0.25) is 0 Å². The predicted octanol–water partition coefficient (Wildman–Crippen LogP) is 6.37. The summed E-state index contributed by atoms with van der Waals surface area (Å²) in [7, 11) is 0. The Morgan fingerprint density at radius 1 is 1.00 bits per heavy atom. The summed E-state index contributed by atoms with van der Waals surface area (Å²) in [5.41, 5.74) is 0. The maximum atomic E-state index is 8.27. The van der Waals surface area contributed by atoms with E-state index < -0.39 is 0 Å². The second-order valence-electron chi connectivity index (χ2n) is 6.67. The van der Waals surface area contributed by atoms with Gasteiger partial charge < -0.3 is 0 Å². The summed E-state index contributed by atoms with van der Waals surface area (Å²) in [5.74, 6) is 1.79. The van der Waals surface area contributed by atoms with Crippen molar-refractivity contribution in [1.29, 1.82) is 0 Å². The first-order chi connectivity index (χ1) is 10.4. The number of hydrogen-bond donors (Lipinski definition) is 1. The Labute approximate surface area is 131 Å². The molecule has 2 atom stereocenters. The fraction of sp³-hybridized carbons (Fsp3) is 0.895. The first-order valence-electron chi connectivity index (χ1n) is 9.31. The van der Waals surface area contributed by atoms with Gasteiger partial charge in [0.1, 0.15) is 0 Å². The molecule has 0 saturated heterocycles. The van der Waals surface area contributed by atoms with Crippen LogP contribution in [0.3, 0.4) is 0 Å². The molecule has 0 aromatic heterocycles. The van der Waals surface area contributed by atoms with Gasteiger partial charge in [-0.15, -0.1) is 0 Å². The van der Waals surface area contributed by atoms with Crippen molar-refractivity contribution in [2.75, 3.05) is 6.61 Å². The monoisotopic (exact) mass is 296 g/mol. The molecule has 0 bridgehead atoms. The van der Waals surface area contributed by atoms with Crippen molar-refractivity contribution in [2.24, 2.45) is 11.8 Å². The zero-order chi connectivity index (χ0) is 15.2. The minimum atomic E-state index is 0.493. The summed E-state index contributed by atoms with van der Waals surface area (Å²) >= 11 is 0. The molecule has 1 aliphatic carbocycles. The standard InChI is InChI=1S/C19H36O2/c1-2-3-4-5-6-9-13-18-15-12-16-19(18)14-10-7-8-11-17-21-20/h9,13,18-20H,2-8,10-12,14-17H2,1H3/t18-,19-/m0/s1. The molecule has 1 aliphatic rings. The van der Waals surface area contributed by atoms with E-state index in [-0.39, 0.29) is 0 Å². The molecule has 0 heterocycles. The molecular formula is C19H36O2. The van der Waals surface area contributed by atoms with Crippen molar-refractivity contribution in [3.05, 3.63) is 12.2 Å². The van der Waals surface area contributed by atoms with E-state index in [2.05, 4.69) is 24.0 Å². The Hall–Kier alpha value is -0.340. The van der Waals surface area contributed by atoms with Crippen LogP contribution in [-0.2, 0) is 4.89 Å². The highest BCUT2D eigenvalue weighted by Crippen LogP contribution is 2.36. The number of unbranched alkanes of at least 4 members (excludes halogenated alkanes) is 7. The molecule has 2 heteroatoms. The first-order valence-corrected chi connectivity index (χ1v) is 9.31. The largest absolute Gasteiger partial charge is 0.252 e. The van der Waals surface area contributed by atoms with E-state index in [9.17, 15) is 0 Å². The van der Waals surface area contributed by atoms with Crippen molar-refractivity contribution in [2.45, 2.75) is 90.4 Å². The topological polar surface area (TPSA) is 29.5 Å². The van der Waals surface area contributed by atoms with Gasteiger partial charge in [-0.2, -0.15) is 0 Å². The Kier molecular flexibility index (Phi) is 11.9. The summed E-state index contributed by atoms with van der Waals surface area (Å²) < 4.78 is 0. The van der Waals surface area contributed by atoms with E-state index in [1.54, 1.807) is 0 Å². The summed E-state index contributed by atoms with van der Waals surface area (Å²) in [5, 5.41) is 8.27. The van der Waals surface area contributed by atoms with Crippen molar-refractivity contribution >= 4 is 0 Å². The molecule has 0 aromatic rings. The van der Waals surface area contributed by atoms with E-state index in [1.807, 2.05) is 0 Å². The SMILES string of the molecule is CCCCCCC=C[C@H]1CCC[C@@H]1CCCCCCOO. The normalized spacial score (nSPS) is 22.4. The zero-order valence-electron chi connectivity index (χ0n) is 14.1. The molecule has 1 N–H and O–H groups in total. The lowest BCUT2D eigenvalue weighted by molar-refractivity contribution is -0.242. The zero-order valence-corrected chi connectivity index (χ0v) is 14.1. The fourth-order valence-corrected chi connectivity index (χ4v) is 3.56. The highest BCUT2D eigenvalue weighted by atomic mass is 17.1. The third-order valence-electron chi connectivity index (χ3n) is 4.89. The summed E-state index contributed by atoms with van der Waals surface area (Å²) in [6, 6.07) is 0. The molecule has 1 fully saturated rings. The second-order valence-corrected chi connectivity index (χ2v) is 6.67. The molecule has 124 valence electrons. The molecule has 0 spiro atoms. The van der Waals surface area contributed by atoms with E-state index in [0.29, 0.717) is 6.61 Å². The second kappa shape index (κ2) is 13.3. The van der Waals surface area contributed by atoms with Gasteiger partial charge in [0.05, 0.1) is 6.61 Å². The number of rotatable bonds is 13. The van der Waals surface area contributed by atoms with Gasteiger partial charge in [-0.3, -0.25) is 5.26 Å². The molecule has 0 aliphatic heterocycles. The van der Waals surface area contributed by atoms with Crippen LogP contribution in [0, 0.1) is 11.8 Å². The van der Waals surface area contributed by atoms with Gasteiger partial charge in [0, 0.05) is 0 Å². The molecule has 0 amide bonds. The maximum Gasteiger partial charge on any atom is 0.0819 e. The molecule has 0 aromatic carbocycles. The van der Waals surface area contributed by atoms with Crippen LogP contribution in [0.15, 0.2) is 12.2 Å². The van der Waals surface area contributed by atoms with E-state index in [0.717, 1.165) is 18.3 Å². The molecular weight excluding hydrogens is 260 g/mol. The van der Waals surface area contributed by atoms with Crippen LogP contribution in [0.25, 0.3) is 0 Å². The minimum Gasteiger partial charge on any atom is -0.252 e. The van der Waals surface area contributed by atoms with E-state index in [1.165, 1.54) is 77.0 Å². The highest BCUT2D eigenvalue weighted by Gasteiger charge is 2.24. The Balaban J connectivity index is 2.06. The van der Waals surface area contributed by atoms with Crippen molar-refractivity contribution in [3.63, 3.8) is 0 Å².